The van der Waals surface area contributed by atoms with E-state index in [1.165, 1.54) is 105 Å². The Labute approximate surface area is 777 Å². The number of carbonyl (C=O) groups excluding carboxylic acids is 8. The van der Waals surface area contributed by atoms with Crippen molar-refractivity contribution in [3.63, 3.8) is 0 Å². The molecule has 5 aromatic carbocycles. The first-order chi connectivity index (χ1) is 54.1. The summed E-state index contributed by atoms with van der Waals surface area (Å²) in [4.78, 5) is 114. The van der Waals surface area contributed by atoms with E-state index in [2.05, 4.69) is 44.7 Å². The number of ketones is 3. The van der Waals surface area contributed by atoms with Crippen molar-refractivity contribution in [2.24, 2.45) is 29.6 Å². The second-order valence-electron chi connectivity index (χ2n) is 28.8. The van der Waals surface area contributed by atoms with Crippen LogP contribution in [-0.2, 0) is 123 Å². The average Bonchev–Trinajstić information content (AvgIpc) is 1.67. The normalized spacial score (nSPS) is 13.9. The minimum absolute atomic E-state index is 0. The van der Waals surface area contributed by atoms with Crippen molar-refractivity contribution in [2.75, 3.05) is 19.8 Å². The molecule has 120 heavy (non-hydrogen) atoms. The van der Waals surface area contributed by atoms with Gasteiger partial charge in [-0.1, -0.05) is 238 Å². The van der Waals surface area contributed by atoms with Gasteiger partial charge in [0.15, 0.2) is 17.3 Å². The van der Waals surface area contributed by atoms with Gasteiger partial charge in [-0.15, -0.1) is 0 Å². The number of fused-ring (bicyclic) bond motifs is 5. The molecular weight excluding hydrogens is 1590 g/mol. The number of halogens is 1. The molecule has 0 amide bonds. The van der Waals surface area contributed by atoms with Gasteiger partial charge in [0.1, 0.15) is 0 Å². The molecule has 5 aliphatic carbocycles. The molecule has 3 unspecified atom stereocenters. The van der Waals surface area contributed by atoms with Crippen LogP contribution in [0.25, 0.3) is 0 Å². The zero-order valence-electron chi connectivity index (χ0n) is 70.9. The van der Waals surface area contributed by atoms with Crippen LogP contribution >= 0.6 is 11.6 Å². The molecule has 23 nitrogen and oxygen atoms in total. The zero-order chi connectivity index (χ0) is 84.1. The van der Waals surface area contributed by atoms with E-state index in [0.717, 1.165) is 115 Å². The van der Waals surface area contributed by atoms with Gasteiger partial charge in [-0.25, -0.2) is 0 Å². The standard InChI is InChI=1S/C20H28O3.2C18H24O3.C12H14O2.C10H10O2.C8H15ClO.C2H6O.CH2O3.3CH4.Li.2Na.H2O4S.H2O/c1-3-5-6-7-8-9-19(21)16-11-10-15-12-18(14-17(15)13-16)20(22)23-4-2;2*1-2-3-4-5-6-7-17(19)14-9-8-13-10-16(18(20)21)12-15(13)11-14;1-2-14-12(13)11-7-9-5-3-4-6-10(9)8-11;11-10(12)9-5-7-3-1-2-4-8(7)6-9;1-2-3-4-5-6-7-8(9)10;1-2-3;2-1-4-3;;;;;;;1-5(2,3)4;/h10-11,13,18H,3-9,12,14H2,1-2H3;2*8-9,11,16H,2-7,10,12H2,1H3,(H,20,21);3-6,11H,2,7-8H2,1H3;1-4,9H,5-6H2,(H,11,12);2-7H2,1H3;3H,2H2,1H3;1,3H;3*1H4;;;;(H2,1,2,3,4);1H2/q;;;;;;;;;;;3*+1;;/p-3. The minimum atomic E-state index is -4.67. The summed E-state index contributed by atoms with van der Waals surface area (Å²) in [5.74, 6) is -2.96. The van der Waals surface area contributed by atoms with Crippen molar-refractivity contribution in [3.8, 4) is 0 Å². The summed E-state index contributed by atoms with van der Waals surface area (Å²) < 4.78 is 41.7. The first-order valence-corrected chi connectivity index (χ1v) is 42.1. The molecule has 0 fully saturated rings. The van der Waals surface area contributed by atoms with Gasteiger partial charge in [-0.3, -0.25) is 52.3 Å². The number of rotatable bonds is 35. The van der Waals surface area contributed by atoms with Gasteiger partial charge in [0.05, 0.1) is 36.9 Å². The molecular formula is C92H136ClLiNa2O23S. The Balaban J connectivity index is -0.000000317. The van der Waals surface area contributed by atoms with Crippen LogP contribution in [-0.4, -0.2) is 117 Å². The summed E-state index contributed by atoms with van der Waals surface area (Å²) in [6.45, 7) is 15.1. The number of carbonyl (C=O) groups is 10. The molecule has 0 spiro atoms. The van der Waals surface area contributed by atoms with Crippen molar-refractivity contribution in [2.45, 2.75) is 289 Å². The number of hydrogen-bond acceptors (Lipinski definition) is 19. The van der Waals surface area contributed by atoms with E-state index in [9.17, 15) is 48.3 Å². The third-order valence-corrected chi connectivity index (χ3v) is 20.0. The molecule has 0 aromatic heterocycles. The first-order valence-electron chi connectivity index (χ1n) is 40.4. The zero-order valence-corrected chi connectivity index (χ0v) is 76.4. The summed E-state index contributed by atoms with van der Waals surface area (Å²) >= 11 is 5.15. The van der Waals surface area contributed by atoms with Crippen molar-refractivity contribution in [1.82, 2.24) is 0 Å². The first kappa shape index (κ1) is 125. The maximum atomic E-state index is 12.3. The van der Waals surface area contributed by atoms with E-state index >= 15 is 0 Å². The number of carboxylic acid groups (broad SMARTS) is 3. The Bertz CT molecular complexity index is 3700. The smallest absolute Gasteiger partial charge is 0.870 e. The quantitative estimate of drug-likeness (QED) is 0.00293. The molecule has 10 rings (SSSR count). The predicted octanol–water partition coefficient (Wildman–Crippen LogP) is 8.32. The van der Waals surface area contributed by atoms with Crippen LogP contribution in [0.15, 0.2) is 103 Å². The van der Waals surface area contributed by atoms with Crippen LogP contribution in [0.2, 0.25) is 0 Å². The molecule has 5 aromatic rings. The van der Waals surface area contributed by atoms with Crippen LogP contribution in [0.4, 0.5) is 0 Å². The fourth-order valence-electron chi connectivity index (χ4n) is 13.8. The number of unbranched alkanes of at least 4 members (excludes halogenated alkanes) is 16. The van der Waals surface area contributed by atoms with Crippen LogP contribution < -0.4 is 88.3 Å². The van der Waals surface area contributed by atoms with E-state index in [0.29, 0.717) is 83.8 Å². The second-order valence-corrected chi connectivity index (χ2v) is 30.1. The molecule has 3 atom stereocenters. The predicted molar refractivity (Wildman–Crippen MR) is 454 cm³/mol. The van der Waals surface area contributed by atoms with Gasteiger partial charge in [-0.2, -0.15) is 8.42 Å². The molecule has 658 valence electrons. The molecule has 0 heterocycles. The number of aliphatic hydroxyl groups is 1. The van der Waals surface area contributed by atoms with Crippen LogP contribution in [0, 0.1) is 29.6 Å². The molecule has 0 saturated carbocycles. The molecule has 0 aliphatic heterocycles. The van der Waals surface area contributed by atoms with E-state index in [-0.39, 0.29) is 177 Å². The number of esters is 2. The molecule has 6 N–H and O–H groups in total. The number of carboxylic acids is 3. The van der Waals surface area contributed by atoms with Crippen LogP contribution in [0.5, 0.6) is 0 Å². The third-order valence-electron chi connectivity index (χ3n) is 19.8. The summed E-state index contributed by atoms with van der Waals surface area (Å²) in [5.41, 5.74) is 13.8. The van der Waals surface area contributed by atoms with Gasteiger partial charge in [0.25, 0.3) is 6.47 Å². The van der Waals surface area contributed by atoms with E-state index in [4.69, 9.17) is 64.0 Å². The maximum absolute atomic E-state index is 12.3. The summed E-state index contributed by atoms with van der Waals surface area (Å²) in [5, 5.41) is 44.6. The molecule has 28 heteroatoms. The Hall–Kier alpha value is -5.76. The van der Waals surface area contributed by atoms with Crippen molar-refractivity contribution in [3.05, 3.63) is 175 Å². The van der Waals surface area contributed by atoms with Gasteiger partial charge in [0, 0.05) is 60.9 Å². The van der Waals surface area contributed by atoms with Gasteiger partial charge in [0.2, 0.25) is 5.24 Å². The monoisotopic (exact) mass is 1730 g/mol. The van der Waals surface area contributed by atoms with Gasteiger partial charge in [-0.05, 0) is 196 Å². The number of hydrogen-bond donors (Lipinski definition) is 5. The molecule has 0 radical (unpaired) electrons. The Morgan fingerprint density at radius 3 is 0.858 bits per heavy atom. The Morgan fingerprint density at radius 1 is 0.408 bits per heavy atom. The number of aliphatic carboxylic acids is 3. The number of ether oxygens (including phenoxy) is 2. The summed E-state index contributed by atoms with van der Waals surface area (Å²) in [6.07, 6.45) is 32.1. The van der Waals surface area contributed by atoms with Crippen molar-refractivity contribution < 1.29 is 189 Å². The fourth-order valence-corrected chi connectivity index (χ4v) is 14.0. The molecule has 5 aliphatic rings. The average molecular weight is 1730 g/mol. The maximum Gasteiger partial charge on any atom is 1.00 e. The largest absolute Gasteiger partial charge is 1.00 e. The Kier molecular flexibility index (Phi) is 76.7. The van der Waals surface area contributed by atoms with Crippen molar-refractivity contribution >= 4 is 80.9 Å². The summed E-state index contributed by atoms with van der Waals surface area (Å²) in [7, 11) is -4.67. The molecule has 0 saturated heterocycles. The number of Topliss-reactive ketones (excluding diaryl/α,β-unsaturated/α-hetero) is 3. The van der Waals surface area contributed by atoms with Gasteiger partial charge >= 0.3 is 112 Å². The van der Waals surface area contributed by atoms with Crippen LogP contribution in [0.3, 0.4) is 0 Å². The third kappa shape index (κ3) is 52.8. The topological polar surface area (TPSA) is 410 Å². The fraction of sp³-hybridized carbons (Fsp3) is 0.565. The Morgan fingerprint density at radius 2 is 0.625 bits per heavy atom. The second kappa shape index (κ2) is 73.6. The van der Waals surface area contributed by atoms with E-state index in [1.807, 2.05) is 105 Å². The van der Waals surface area contributed by atoms with Crippen LogP contribution in [0.1, 0.15) is 312 Å². The SMILES string of the molecule is C.C.C.CCCCCCCC(=O)Cl.CCCCCCCC(=O)c1ccc2c(c1)CC(C(=O)O)C2.CCCCCCCC(=O)c1ccc2c(c1)CC(C(=O)OCC)C2.CCCCCCCC(=O)c1ccc2c(c1)CC(C(=O)[O-])C2.CCO.CCOC(=O)C1Cc2ccccc2C1.O=C(O)C1Cc2ccccc2C1.O=CO[O-].O=S(=O)(O)O.[Li+].[Na+].[Na+].[OH-]. The number of aliphatic hydroxyl groups excluding tert-OH is 1. The van der Waals surface area contributed by atoms with E-state index in [1.54, 1.807) is 6.92 Å². The number of benzene rings is 5. The minimum Gasteiger partial charge on any atom is -0.870 e. The molecule has 0 bridgehead atoms. The van der Waals surface area contributed by atoms with E-state index < -0.39 is 34.2 Å². The van der Waals surface area contributed by atoms with Crippen molar-refractivity contribution in [1.29, 1.82) is 0 Å². The summed E-state index contributed by atoms with van der Waals surface area (Å²) in [6, 6.07) is 33.4. The van der Waals surface area contributed by atoms with Gasteiger partial charge < -0.3 is 50.3 Å².